The van der Waals surface area contributed by atoms with Crippen LogP contribution in [-0.2, 0) is 40.3 Å². The van der Waals surface area contributed by atoms with Crippen molar-refractivity contribution in [2.75, 3.05) is 26.4 Å². The molecule has 10 N–H and O–H groups in total. The summed E-state index contributed by atoms with van der Waals surface area (Å²) in [5.74, 6) is 0.733. The molecule has 0 amide bonds. The highest BCUT2D eigenvalue weighted by Gasteiger charge is 2.54. The molecule has 0 spiro atoms. The van der Waals surface area contributed by atoms with E-state index in [1.807, 2.05) is 0 Å². The van der Waals surface area contributed by atoms with Crippen molar-refractivity contribution in [2.45, 2.75) is 163 Å². The van der Waals surface area contributed by atoms with Crippen LogP contribution in [0.4, 0.5) is 0 Å². The van der Waals surface area contributed by atoms with E-state index in [0.717, 1.165) is 32.1 Å². The molecule has 0 aromatic heterocycles. The first-order chi connectivity index (χ1) is 25.5. The zero-order valence-corrected chi connectivity index (χ0v) is 31.3. The van der Waals surface area contributed by atoms with Gasteiger partial charge in [-0.05, 0) is 65.0 Å². The van der Waals surface area contributed by atoms with Crippen molar-refractivity contribution < 1.29 is 79.5 Å². The van der Waals surface area contributed by atoms with Crippen LogP contribution in [0.25, 0.3) is 0 Å². The molecule has 5 aliphatic rings. The first kappa shape index (κ1) is 42.2. The molecule has 1 unspecified atom stereocenters. The Bertz CT molecular complexity index is 1400. The highest BCUT2D eigenvalue weighted by Crippen LogP contribution is 2.57. The van der Waals surface area contributed by atoms with Gasteiger partial charge in [0.15, 0.2) is 18.9 Å². The summed E-state index contributed by atoms with van der Waals surface area (Å²) in [6.07, 6.45) is -18.9. The van der Waals surface area contributed by atoms with Gasteiger partial charge in [0.05, 0.1) is 26.4 Å². The van der Waals surface area contributed by atoms with E-state index < -0.39 is 112 Å². The van der Waals surface area contributed by atoms with Gasteiger partial charge < -0.3 is 79.5 Å². The number of aliphatic hydroxyl groups excluding tert-OH is 10. The first-order valence-corrected chi connectivity index (χ1v) is 19.2. The molecular formula is C38H60O16. The monoisotopic (exact) mass is 772 g/mol. The maximum Gasteiger partial charge on any atom is 0.187 e. The average Bonchev–Trinajstić information content (AvgIpc) is 3.15. The summed E-state index contributed by atoms with van der Waals surface area (Å²) in [7, 11) is 0. The van der Waals surface area contributed by atoms with Gasteiger partial charge in [-0.25, -0.2) is 0 Å². The van der Waals surface area contributed by atoms with Gasteiger partial charge in [0.1, 0.15) is 73.2 Å². The second-order valence-corrected chi connectivity index (χ2v) is 16.8. The van der Waals surface area contributed by atoms with Crippen molar-refractivity contribution in [1.29, 1.82) is 0 Å². The van der Waals surface area contributed by atoms with Gasteiger partial charge in [0.25, 0.3) is 0 Å². The fourth-order valence-corrected chi connectivity index (χ4v) is 9.52. The zero-order valence-electron chi connectivity index (χ0n) is 31.3. The molecule has 0 radical (unpaired) electrons. The Hall–Kier alpha value is -1.42. The largest absolute Gasteiger partial charge is 0.394 e. The number of hydrogen-bond donors (Lipinski definition) is 10. The minimum absolute atomic E-state index is 0.0612. The summed E-state index contributed by atoms with van der Waals surface area (Å²) in [5, 5.41) is 105. The van der Waals surface area contributed by atoms with Crippen LogP contribution in [0.15, 0.2) is 18.2 Å². The Morgan fingerprint density at radius 3 is 1.96 bits per heavy atom. The summed E-state index contributed by atoms with van der Waals surface area (Å²) in [5.41, 5.74) is 3.78. The minimum atomic E-state index is -1.82. The Morgan fingerprint density at radius 1 is 0.704 bits per heavy atom. The second-order valence-electron chi connectivity index (χ2n) is 16.8. The fourth-order valence-electron chi connectivity index (χ4n) is 9.52. The smallest absolute Gasteiger partial charge is 0.187 e. The number of benzene rings is 1. The lowest BCUT2D eigenvalue weighted by Crippen LogP contribution is -2.65. The third kappa shape index (κ3) is 7.88. The molecule has 6 rings (SSSR count). The number of hydrogen-bond acceptors (Lipinski definition) is 16. The van der Waals surface area contributed by atoms with Gasteiger partial charge in [-0.3, -0.25) is 0 Å². The van der Waals surface area contributed by atoms with E-state index in [9.17, 15) is 51.1 Å². The van der Waals surface area contributed by atoms with Crippen LogP contribution in [0.5, 0.6) is 0 Å². The third-order valence-corrected chi connectivity index (χ3v) is 12.8. The van der Waals surface area contributed by atoms with Crippen LogP contribution in [-0.4, -0.2) is 170 Å². The molecule has 0 bridgehead atoms. The van der Waals surface area contributed by atoms with Gasteiger partial charge in [-0.1, -0.05) is 52.3 Å². The molecule has 1 aromatic rings. The van der Waals surface area contributed by atoms with E-state index in [4.69, 9.17) is 28.4 Å². The van der Waals surface area contributed by atoms with E-state index in [1.165, 1.54) is 16.7 Å². The number of rotatable bonds is 11. The number of aliphatic hydroxyl groups is 10. The molecule has 18 atom stereocenters. The predicted octanol–water partition coefficient (Wildman–Crippen LogP) is -1.71. The summed E-state index contributed by atoms with van der Waals surface area (Å²) < 4.78 is 34.5. The van der Waals surface area contributed by atoms with Crippen LogP contribution < -0.4 is 0 Å². The molecule has 3 aliphatic heterocycles. The summed E-state index contributed by atoms with van der Waals surface area (Å²) in [6, 6.07) is 6.88. The van der Waals surface area contributed by atoms with E-state index in [-0.39, 0.29) is 23.4 Å². The lowest BCUT2D eigenvalue weighted by molar-refractivity contribution is -0.365. The van der Waals surface area contributed by atoms with E-state index >= 15 is 0 Å². The van der Waals surface area contributed by atoms with Crippen molar-refractivity contribution in [3.8, 4) is 0 Å². The second kappa shape index (κ2) is 16.8. The number of ether oxygens (including phenoxy) is 6. The third-order valence-electron chi connectivity index (χ3n) is 12.8. The zero-order chi connectivity index (χ0) is 39.3. The Kier molecular flexibility index (Phi) is 13.1. The topological polar surface area (TPSA) is 258 Å². The molecule has 308 valence electrons. The van der Waals surface area contributed by atoms with Crippen molar-refractivity contribution >= 4 is 0 Å². The maximum absolute atomic E-state index is 11.0. The molecule has 1 saturated carbocycles. The average molecular weight is 773 g/mol. The van der Waals surface area contributed by atoms with Crippen molar-refractivity contribution in [3.05, 3.63) is 34.9 Å². The highest BCUT2D eigenvalue weighted by atomic mass is 16.8. The lowest BCUT2D eigenvalue weighted by Gasteiger charge is -2.56. The molecule has 1 aromatic carbocycles. The first-order valence-electron chi connectivity index (χ1n) is 19.2. The SMILES string of the molecule is CC(C)c1ccc2c(c1)CCC1[C@](C)(CO[C@@H]3O[C@H](CO[C@@H]4O[C@H](CO)[C@@H](O[C@H]5O[C@H](CO)[C@@H](O)[C@H](O)[C@H]5O)[C@H](O)[C@H]4O)[C@@H](O)[C@H](O)[C@H]3O)CCC[C@]21C. The summed E-state index contributed by atoms with van der Waals surface area (Å²) in [6.45, 7) is 7.18. The molecule has 54 heavy (non-hydrogen) atoms. The lowest BCUT2D eigenvalue weighted by atomic mass is 9.50. The van der Waals surface area contributed by atoms with Crippen LogP contribution in [0, 0.1) is 11.3 Å². The molecule has 2 aliphatic carbocycles. The van der Waals surface area contributed by atoms with Crippen molar-refractivity contribution in [3.63, 3.8) is 0 Å². The van der Waals surface area contributed by atoms with Crippen LogP contribution in [0.2, 0.25) is 0 Å². The molecule has 4 fully saturated rings. The molecular weight excluding hydrogens is 712 g/mol. The Morgan fingerprint density at radius 2 is 1.30 bits per heavy atom. The van der Waals surface area contributed by atoms with Crippen LogP contribution >= 0.6 is 0 Å². The molecule has 16 nitrogen and oxygen atoms in total. The maximum atomic E-state index is 11.0. The van der Waals surface area contributed by atoms with Gasteiger partial charge in [0.2, 0.25) is 0 Å². The molecule has 16 heteroatoms. The number of fused-ring (bicyclic) bond motifs is 3. The Balaban J connectivity index is 1.08. The van der Waals surface area contributed by atoms with Crippen molar-refractivity contribution in [2.24, 2.45) is 11.3 Å². The van der Waals surface area contributed by atoms with Gasteiger partial charge >= 0.3 is 0 Å². The van der Waals surface area contributed by atoms with E-state index in [0.29, 0.717) is 5.92 Å². The van der Waals surface area contributed by atoms with Gasteiger partial charge in [-0.15, -0.1) is 0 Å². The predicted molar refractivity (Wildman–Crippen MR) is 187 cm³/mol. The Labute approximate surface area is 315 Å². The molecule has 3 heterocycles. The van der Waals surface area contributed by atoms with Crippen LogP contribution in [0.1, 0.15) is 76.0 Å². The summed E-state index contributed by atoms with van der Waals surface area (Å²) in [4.78, 5) is 0. The van der Waals surface area contributed by atoms with Gasteiger partial charge in [0, 0.05) is 0 Å². The van der Waals surface area contributed by atoms with Gasteiger partial charge in [-0.2, -0.15) is 0 Å². The normalized spacial score (nSPS) is 46.9. The quantitative estimate of drug-likeness (QED) is 0.120. The minimum Gasteiger partial charge on any atom is -0.394 e. The fraction of sp³-hybridized carbons (Fsp3) is 0.842. The standard InChI is InChI=1S/C38H60O16/c1-17(2)18-6-8-20-19(12-18)7-9-24-37(3,10-5-11-38(20,24)4)16-50-35-30(46)28(44)26(42)23(53-35)15-49-34-32(48)29(45)33(22(14-40)52-34)54-36-31(47)27(43)25(41)21(13-39)51-36/h6,8,12,17,21-36,39-48H,5,7,9-11,13-16H2,1-4H3/t21-,22-,23-,24?,25-,26-,27+,28+,29-,30-,31-,32-,33-,34-,35-,36-,37+,38-/m1/s1. The van der Waals surface area contributed by atoms with Crippen LogP contribution in [0.3, 0.4) is 0 Å². The summed E-state index contributed by atoms with van der Waals surface area (Å²) >= 11 is 0. The van der Waals surface area contributed by atoms with Crippen molar-refractivity contribution in [1.82, 2.24) is 0 Å². The molecule has 3 saturated heterocycles. The number of aryl methyl sites for hydroxylation is 1. The van der Waals surface area contributed by atoms with E-state index in [2.05, 4.69) is 45.9 Å². The van der Waals surface area contributed by atoms with E-state index in [1.54, 1.807) is 0 Å². The highest BCUT2D eigenvalue weighted by molar-refractivity contribution is 5.42.